The first-order valence-electron chi connectivity index (χ1n) is 6.16. The van der Waals surface area contributed by atoms with Gasteiger partial charge in [-0.2, -0.15) is 0 Å². The molecule has 6 nitrogen and oxygen atoms in total. The summed E-state index contributed by atoms with van der Waals surface area (Å²) in [4.78, 5) is 22.6. The highest BCUT2D eigenvalue weighted by molar-refractivity contribution is 7.91. The van der Waals surface area contributed by atoms with Gasteiger partial charge in [-0.25, -0.2) is 8.42 Å². The maximum atomic E-state index is 11.6. The predicted octanol–water partition coefficient (Wildman–Crippen LogP) is -0.653. The smallest absolute Gasteiger partial charge is 0.243 e. The van der Waals surface area contributed by atoms with E-state index in [9.17, 15) is 18.0 Å². The number of piperidine rings is 1. The van der Waals surface area contributed by atoms with Crippen LogP contribution in [0.25, 0.3) is 0 Å². The summed E-state index contributed by atoms with van der Waals surface area (Å²) in [6.07, 6.45) is 4.24. The van der Waals surface area contributed by atoms with Crippen LogP contribution in [-0.2, 0) is 19.4 Å². The Labute approximate surface area is 106 Å². The molecular formula is C11H18N2O4S. The average Bonchev–Trinajstić information content (AvgIpc) is 2.70. The normalized spacial score (nSPS) is 33.5. The topological polar surface area (TPSA) is 92.3 Å². The third kappa shape index (κ3) is 2.89. The summed E-state index contributed by atoms with van der Waals surface area (Å²) < 4.78 is 23.2. The maximum Gasteiger partial charge on any atom is 0.243 e. The Kier molecular flexibility index (Phi) is 3.72. The molecule has 0 spiro atoms. The third-order valence-corrected chi connectivity index (χ3v) is 5.32. The molecule has 2 N–H and O–H groups in total. The first-order valence-corrected chi connectivity index (χ1v) is 8.12. The van der Waals surface area contributed by atoms with Crippen molar-refractivity contribution in [3.8, 4) is 0 Å². The molecule has 0 aromatic carbocycles. The molecule has 2 aliphatic rings. The van der Waals surface area contributed by atoms with Gasteiger partial charge >= 0.3 is 0 Å². The minimum Gasteiger partial charge on any atom is -0.302 e. The molecule has 1 aliphatic carbocycles. The van der Waals surface area contributed by atoms with Crippen molar-refractivity contribution in [2.24, 2.45) is 0 Å². The van der Waals surface area contributed by atoms with Crippen LogP contribution >= 0.6 is 0 Å². The molecule has 1 heterocycles. The number of rotatable bonds is 3. The standard InChI is InChI=1S/C11H18N2O4S/c1-18(16,17)9-4-2-3-7(9)12-8-5-6-10(14)13-11(8)15/h7-9,12H,2-6H2,1H3,(H,13,14,15). The first kappa shape index (κ1) is 13.5. The SMILES string of the molecule is CS(=O)(=O)C1CCCC1NC1CCC(=O)NC1=O. The van der Waals surface area contributed by atoms with Crippen molar-refractivity contribution >= 4 is 21.7 Å². The van der Waals surface area contributed by atoms with E-state index in [0.717, 1.165) is 12.8 Å². The lowest BCUT2D eigenvalue weighted by Gasteiger charge is -2.27. The monoisotopic (exact) mass is 274 g/mol. The van der Waals surface area contributed by atoms with Gasteiger partial charge in [-0.05, 0) is 19.3 Å². The molecule has 0 bridgehead atoms. The molecule has 1 saturated carbocycles. The van der Waals surface area contributed by atoms with Crippen LogP contribution in [0.1, 0.15) is 32.1 Å². The Balaban J connectivity index is 2.01. The van der Waals surface area contributed by atoms with Crippen molar-refractivity contribution in [2.75, 3.05) is 6.26 Å². The zero-order valence-corrected chi connectivity index (χ0v) is 11.1. The molecule has 1 aliphatic heterocycles. The fourth-order valence-electron chi connectivity index (χ4n) is 2.74. The molecule has 1 saturated heterocycles. The van der Waals surface area contributed by atoms with E-state index >= 15 is 0 Å². The van der Waals surface area contributed by atoms with Gasteiger partial charge in [0.2, 0.25) is 11.8 Å². The van der Waals surface area contributed by atoms with Gasteiger partial charge in [-0.3, -0.25) is 14.9 Å². The van der Waals surface area contributed by atoms with E-state index in [-0.39, 0.29) is 17.9 Å². The molecule has 3 unspecified atom stereocenters. The number of carbonyl (C=O) groups excluding carboxylic acids is 2. The molecule has 7 heteroatoms. The molecular weight excluding hydrogens is 256 g/mol. The number of amides is 2. The van der Waals surface area contributed by atoms with E-state index in [1.807, 2.05) is 0 Å². The average molecular weight is 274 g/mol. The fraction of sp³-hybridized carbons (Fsp3) is 0.818. The molecule has 0 aromatic heterocycles. The Morgan fingerprint density at radius 1 is 1.22 bits per heavy atom. The van der Waals surface area contributed by atoms with Crippen molar-refractivity contribution in [1.82, 2.24) is 10.6 Å². The van der Waals surface area contributed by atoms with Crippen LogP contribution < -0.4 is 10.6 Å². The van der Waals surface area contributed by atoms with Crippen molar-refractivity contribution in [3.05, 3.63) is 0 Å². The van der Waals surface area contributed by atoms with Gasteiger partial charge in [0.15, 0.2) is 9.84 Å². The summed E-state index contributed by atoms with van der Waals surface area (Å²) in [5.74, 6) is -0.602. The molecule has 18 heavy (non-hydrogen) atoms. The van der Waals surface area contributed by atoms with E-state index < -0.39 is 21.1 Å². The number of hydrogen-bond donors (Lipinski definition) is 2. The summed E-state index contributed by atoms with van der Waals surface area (Å²) in [7, 11) is -3.09. The highest BCUT2D eigenvalue weighted by atomic mass is 32.2. The summed E-state index contributed by atoms with van der Waals surface area (Å²) >= 11 is 0. The number of nitrogens with one attached hydrogen (secondary N) is 2. The minimum absolute atomic E-state index is 0.177. The molecule has 3 atom stereocenters. The third-order valence-electron chi connectivity index (χ3n) is 3.66. The quantitative estimate of drug-likeness (QED) is 0.667. The van der Waals surface area contributed by atoms with E-state index in [2.05, 4.69) is 10.6 Å². The summed E-state index contributed by atoms with van der Waals surface area (Å²) in [5.41, 5.74) is 0. The van der Waals surface area contributed by atoms with Gasteiger partial charge in [0, 0.05) is 18.7 Å². The van der Waals surface area contributed by atoms with E-state index in [0.29, 0.717) is 19.3 Å². The zero-order valence-electron chi connectivity index (χ0n) is 10.3. The minimum atomic E-state index is -3.09. The molecule has 0 radical (unpaired) electrons. The lowest BCUT2D eigenvalue weighted by Crippen LogP contribution is -2.55. The van der Waals surface area contributed by atoms with Gasteiger partial charge < -0.3 is 5.32 Å². The van der Waals surface area contributed by atoms with E-state index in [4.69, 9.17) is 0 Å². The second kappa shape index (κ2) is 4.97. The maximum absolute atomic E-state index is 11.6. The van der Waals surface area contributed by atoms with Crippen molar-refractivity contribution in [3.63, 3.8) is 0 Å². The fourth-order valence-corrected chi connectivity index (χ4v) is 4.15. The summed E-state index contributed by atoms with van der Waals surface area (Å²) in [6, 6.07) is -0.626. The van der Waals surface area contributed by atoms with Crippen LogP contribution in [0.5, 0.6) is 0 Å². The Bertz CT molecular complexity index is 460. The van der Waals surface area contributed by atoms with Gasteiger partial charge in [-0.15, -0.1) is 0 Å². The lowest BCUT2D eigenvalue weighted by molar-refractivity contribution is -0.134. The van der Waals surface area contributed by atoms with E-state index in [1.54, 1.807) is 0 Å². The van der Waals surface area contributed by atoms with Crippen LogP contribution in [0.4, 0.5) is 0 Å². The van der Waals surface area contributed by atoms with Crippen LogP contribution in [0.2, 0.25) is 0 Å². The predicted molar refractivity (Wildman–Crippen MR) is 65.6 cm³/mol. The number of sulfone groups is 1. The van der Waals surface area contributed by atoms with Gasteiger partial charge in [0.1, 0.15) is 0 Å². The Morgan fingerprint density at radius 3 is 2.56 bits per heavy atom. The lowest BCUT2D eigenvalue weighted by atomic mass is 10.0. The Morgan fingerprint density at radius 2 is 1.94 bits per heavy atom. The van der Waals surface area contributed by atoms with Crippen LogP contribution in [0, 0.1) is 0 Å². The number of carbonyl (C=O) groups is 2. The highest BCUT2D eigenvalue weighted by Crippen LogP contribution is 2.26. The zero-order chi connectivity index (χ0) is 13.3. The Hall–Kier alpha value is -0.950. The number of imide groups is 1. The highest BCUT2D eigenvalue weighted by Gasteiger charge is 2.38. The van der Waals surface area contributed by atoms with E-state index in [1.165, 1.54) is 6.26 Å². The van der Waals surface area contributed by atoms with Crippen LogP contribution in [0.15, 0.2) is 0 Å². The largest absolute Gasteiger partial charge is 0.302 e. The van der Waals surface area contributed by atoms with Crippen molar-refractivity contribution in [2.45, 2.75) is 49.4 Å². The van der Waals surface area contributed by atoms with Crippen LogP contribution in [-0.4, -0.2) is 43.8 Å². The molecule has 102 valence electrons. The summed E-state index contributed by atoms with van der Waals surface area (Å²) in [6.45, 7) is 0. The summed E-state index contributed by atoms with van der Waals surface area (Å²) in [5, 5.41) is 4.95. The van der Waals surface area contributed by atoms with Crippen molar-refractivity contribution < 1.29 is 18.0 Å². The number of hydrogen-bond acceptors (Lipinski definition) is 5. The molecule has 2 fully saturated rings. The molecule has 2 rings (SSSR count). The first-order chi connectivity index (χ1) is 8.38. The van der Waals surface area contributed by atoms with Crippen molar-refractivity contribution in [1.29, 1.82) is 0 Å². The second-order valence-corrected chi connectivity index (χ2v) is 7.34. The van der Waals surface area contributed by atoms with Gasteiger partial charge in [0.25, 0.3) is 0 Å². The van der Waals surface area contributed by atoms with Gasteiger partial charge in [-0.1, -0.05) is 6.42 Å². The molecule has 2 amide bonds. The second-order valence-electron chi connectivity index (χ2n) is 5.08. The molecule has 0 aromatic rings. The van der Waals surface area contributed by atoms with Crippen LogP contribution in [0.3, 0.4) is 0 Å². The van der Waals surface area contributed by atoms with Gasteiger partial charge in [0.05, 0.1) is 11.3 Å².